The number of fused-ring (bicyclic) bond motifs is 1. The molecule has 1 aromatic heterocycles. The average Bonchev–Trinajstić information content (AvgIpc) is 2.84. The van der Waals surface area contributed by atoms with Crippen LogP contribution in [-0.4, -0.2) is 20.6 Å². The molecule has 0 spiro atoms. The molecule has 3 aromatic rings. The molecule has 0 radical (unpaired) electrons. The third kappa shape index (κ3) is 2.03. The summed E-state index contributed by atoms with van der Waals surface area (Å²) < 4.78 is 15.8. The first-order valence-corrected chi connectivity index (χ1v) is 6.07. The molecule has 1 heterocycles. The maximum absolute atomic E-state index is 14.0. The summed E-state index contributed by atoms with van der Waals surface area (Å²) in [5.41, 5.74) is 1.37. The van der Waals surface area contributed by atoms with Crippen LogP contribution in [0.4, 0.5) is 4.39 Å². The minimum Gasteiger partial charge on any atom is -0.478 e. The molecule has 1 N–H and O–H groups in total. The number of benzene rings is 2. The highest BCUT2D eigenvalue weighted by Crippen LogP contribution is 2.21. The van der Waals surface area contributed by atoms with Crippen molar-refractivity contribution in [2.24, 2.45) is 0 Å². The van der Waals surface area contributed by atoms with Gasteiger partial charge in [0.1, 0.15) is 5.52 Å². The Morgan fingerprint density at radius 3 is 2.65 bits per heavy atom. The zero-order valence-electron chi connectivity index (χ0n) is 10.5. The maximum atomic E-state index is 14.0. The van der Waals surface area contributed by atoms with Gasteiger partial charge in [0.15, 0.2) is 5.82 Å². The van der Waals surface area contributed by atoms with Crippen molar-refractivity contribution >= 4 is 17.0 Å². The molecule has 5 heteroatoms. The summed E-state index contributed by atoms with van der Waals surface area (Å²) in [7, 11) is 0. The van der Waals surface area contributed by atoms with E-state index >= 15 is 0 Å². The molecule has 4 nitrogen and oxygen atoms in total. The number of carboxylic acid groups (broad SMARTS) is 1. The van der Waals surface area contributed by atoms with Gasteiger partial charge in [0.2, 0.25) is 0 Å². The Hall–Kier alpha value is -2.69. The molecular formula is C15H11FN2O2. The van der Waals surface area contributed by atoms with E-state index in [0.717, 1.165) is 5.56 Å². The van der Waals surface area contributed by atoms with Crippen LogP contribution in [0.5, 0.6) is 0 Å². The van der Waals surface area contributed by atoms with Gasteiger partial charge in [0, 0.05) is 6.54 Å². The van der Waals surface area contributed by atoms with Crippen molar-refractivity contribution in [3.05, 3.63) is 65.7 Å². The molecule has 2 aromatic carbocycles. The normalized spacial score (nSPS) is 10.8. The first kappa shape index (κ1) is 12.3. The molecule has 0 aliphatic carbocycles. The minimum atomic E-state index is -1.29. The number of hydrogen-bond acceptors (Lipinski definition) is 2. The molecule has 0 aliphatic rings. The van der Waals surface area contributed by atoms with Gasteiger partial charge in [-0.1, -0.05) is 30.3 Å². The van der Waals surface area contributed by atoms with Crippen LogP contribution in [-0.2, 0) is 6.54 Å². The Balaban J connectivity index is 2.06. The first-order valence-electron chi connectivity index (χ1n) is 6.07. The number of hydrogen-bond donors (Lipinski definition) is 1. The van der Waals surface area contributed by atoms with E-state index in [1.165, 1.54) is 12.4 Å². The summed E-state index contributed by atoms with van der Waals surface area (Å²) in [6.07, 6.45) is 1.52. The van der Waals surface area contributed by atoms with E-state index in [0.29, 0.717) is 12.1 Å². The van der Waals surface area contributed by atoms with E-state index in [9.17, 15) is 9.18 Å². The zero-order chi connectivity index (χ0) is 14.1. The molecule has 0 saturated heterocycles. The summed E-state index contributed by atoms with van der Waals surface area (Å²) in [5.74, 6) is -2.08. The van der Waals surface area contributed by atoms with E-state index in [2.05, 4.69) is 4.98 Å². The predicted molar refractivity (Wildman–Crippen MR) is 72.2 cm³/mol. The van der Waals surface area contributed by atoms with Gasteiger partial charge in [-0.25, -0.2) is 14.2 Å². The predicted octanol–water partition coefficient (Wildman–Crippen LogP) is 2.92. The second kappa shape index (κ2) is 4.77. The van der Waals surface area contributed by atoms with Crippen LogP contribution in [0.15, 0.2) is 48.8 Å². The monoisotopic (exact) mass is 270 g/mol. The van der Waals surface area contributed by atoms with Gasteiger partial charge in [0.05, 0.1) is 17.4 Å². The number of aromatic carboxylic acids is 1. The minimum absolute atomic E-state index is 0.0841. The molecular weight excluding hydrogens is 259 g/mol. The number of rotatable bonds is 3. The molecule has 0 unspecified atom stereocenters. The van der Waals surface area contributed by atoms with Gasteiger partial charge in [0.25, 0.3) is 0 Å². The molecule has 0 aliphatic heterocycles. The lowest BCUT2D eigenvalue weighted by Gasteiger charge is -2.05. The van der Waals surface area contributed by atoms with Crippen molar-refractivity contribution < 1.29 is 14.3 Å². The number of halogens is 1. The summed E-state index contributed by atoms with van der Waals surface area (Å²) in [5, 5.41) is 8.89. The van der Waals surface area contributed by atoms with Gasteiger partial charge in [-0.2, -0.15) is 0 Å². The highest BCUT2D eigenvalue weighted by Gasteiger charge is 2.16. The second-order valence-electron chi connectivity index (χ2n) is 4.46. The lowest BCUT2D eigenvalue weighted by molar-refractivity contribution is 0.0692. The molecule has 0 fully saturated rings. The number of imidazole rings is 1. The number of carbonyl (C=O) groups is 1. The van der Waals surface area contributed by atoms with Gasteiger partial charge < -0.3 is 9.67 Å². The van der Waals surface area contributed by atoms with Crippen molar-refractivity contribution in [2.75, 3.05) is 0 Å². The highest BCUT2D eigenvalue weighted by atomic mass is 19.1. The summed E-state index contributed by atoms with van der Waals surface area (Å²) in [6, 6.07) is 12.6. The zero-order valence-corrected chi connectivity index (χ0v) is 10.5. The van der Waals surface area contributed by atoms with Crippen molar-refractivity contribution in [1.29, 1.82) is 0 Å². The first-order chi connectivity index (χ1) is 9.66. The SMILES string of the molecule is O=C(O)c1ccc2c(ncn2Cc2ccccc2)c1F. The maximum Gasteiger partial charge on any atom is 0.338 e. The smallest absolute Gasteiger partial charge is 0.338 e. The summed E-state index contributed by atoms with van der Waals surface area (Å²) >= 11 is 0. The lowest BCUT2D eigenvalue weighted by atomic mass is 10.1. The van der Waals surface area contributed by atoms with Crippen molar-refractivity contribution in [3.8, 4) is 0 Å². The van der Waals surface area contributed by atoms with Crippen molar-refractivity contribution in [1.82, 2.24) is 9.55 Å². The van der Waals surface area contributed by atoms with Crippen LogP contribution in [0, 0.1) is 5.82 Å². The fourth-order valence-electron chi connectivity index (χ4n) is 2.17. The van der Waals surface area contributed by atoms with Crippen LogP contribution in [0.2, 0.25) is 0 Å². The van der Waals surface area contributed by atoms with Crippen LogP contribution < -0.4 is 0 Å². The van der Waals surface area contributed by atoms with E-state index in [-0.39, 0.29) is 11.1 Å². The van der Waals surface area contributed by atoms with Crippen molar-refractivity contribution in [2.45, 2.75) is 6.54 Å². The Morgan fingerprint density at radius 2 is 1.95 bits per heavy atom. The topological polar surface area (TPSA) is 55.1 Å². The molecule has 20 heavy (non-hydrogen) atoms. The van der Waals surface area contributed by atoms with Crippen LogP contribution in [0.1, 0.15) is 15.9 Å². The van der Waals surface area contributed by atoms with Gasteiger partial charge >= 0.3 is 5.97 Å². The van der Waals surface area contributed by atoms with E-state index in [1.807, 2.05) is 30.3 Å². The molecule has 0 amide bonds. The number of aromatic nitrogens is 2. The lowest BCUT2D eigenvalue weighted by Crippen LogP contribution is -2.02. The average molecular weight is 270 g/mol. The molecule has 0 saturated carbocycles. The van der Waals surface area contributed by atoms with Gasteiger partial charge in [-0.3, -0.25) is 0 Å². The highest BCUT2D eigenvalue weighted by molar-refractivity contribution is 5.93. The Bertz CT molecular complexity index is 781. The Kier molecular flexibility index (Phi) is 2.95. The third-order valence-corrected chi connectivity index (χ3v) is 3.16. The summed E-state index contributed by atoms with van der Waals surface area (Å²) in [6.45, 7) is 0.559. The Morgan fingerprint density at radius 1 is 1.20 bits per heavy atom. The van der Waals surface area contributed by atoms with Gasteiger partial charge in [-0.05, 0) is 17.7 Å². The molecule has 100 valence electrons. The third-order valence-electron chi connectivity index (χ3n) is 3.16. The van der Waals surface area contributed by atoms with Gasteiger partial charge in [-0.15, -0.1) is 0 Å². The Labute approximate surface area is 114 Å². The van der Waals surface area contributed by atoms with E-state index in [4.69, 9.17) is 5.11 Å². The standard InChI is InChI=1S/C15H11FN2O2/c16-13-11(15(19)20)6-7-12-14(13)17-9-18(12)8-10-4-2-1-3-5-10/h1-7,9H,8H2,(H,19,20). The fraction of sp³-hybridized carbons (Fsp3) is 0.0667. The molecule has 0 atom stereocenters. The van der Waals surface area contributed by atoms with E-state index < -0.39 is 11.8 Å². The fourth-order valence-corrected chi connectivity index (χ4v) is 2.17. The second-order valence-corrected chi connectivity index (χ2v) is 4.46. The number of carboxylic acids is 1. The quantitative estimate of drug-likeness (QED) is 0.796. The molecule has 0 bridgehead atoms. The van der Waals surface area contributed by atoms with Crippen LogP contribution in [0.25, 0.3) is 11.0 Å². The summed E-state index contributed by atoms with van der Waals surface area (Å²) in [4.78, 5) is 14.9. The van der Waals surface area contributed by atoms with Crippen LogP contribution >= 0.6 is 0 Å². The largest absolute Gasteiger partial charge is 0.478 e. The van der Waals surface area contributed by atoms with Crippen molar-refractivity contribution in [3.63, 3.8) is 0 Å². The number of nitrogens with zero attached hydrogens (tertiary/aromatic N) is 2. The van der Waals surface area contributed by atoms with E-state index in [1.54, 1.807) is 10.6 Å². The van der Waals surface area contributed by atoms with Crippen LogP contribution in [0.3, 0.4) is 0 Å². The molecule has 3 rings (SSSR count).